The molecule has 0 aliphatic rings. The Bertz CT molecular complexity index is 94.0. The van der Waals surface area contributed by atoms with Crippen molar-refractivity contribution < 1.29 is 42.9 Å². The second kappa shape index (κ2) is 3.19. The first-order valence-electron chi connectivity index (χ1n) is 0.667. The van der Waals surface area contributed by atoms with Gasteiger partial charge in [0.05, 0.1) is 0 Å². The zero-order valence-corrected chi connectivity index (χ0v) is 6.11. The summed E-state index contributed by atoms with van der Waals surface area (Å²) in [6.07, 6.45) is 0. The molecular formula is CuMoO3S. The minimum atomic E-state index is -5.19. The average molecular weight is 240 g/mol. The Morgan fingerprint density at radius 3 is 1.50 bits per heavy atom. The molecule has 0 rings (SSSR count). The van der Waals surface area contributed by atoms with Crippen molar-refractivity contribution in [1.82, 2.24) is 0 Å². The van der Waals surface area contributed by atoms with Gasteiger partial charge in [-0.05, 0) is 0 Å². The summed E-state index contributed by atoms with van der Waals surface area (Å²) in [6, 6.07) is 0. The van der Waals surface area contributed by atoms with Crippen LogP contribution < -0.4 is 7.52 Å². The van der Waals surface area contributed by atoms with Gasteiger partial charge in [0, 0.05) is 0 Å². The standard InChI is InChI=1S/Cu.Mo.3O.S/q+2;;;2*-1;. The van der Waals surface area contributed by atoms with Gasteiger partial charge in [0.25, 0.3) is 0 Å². The summed E-state index contributed by atoms with van der Waals surface area (Å²) < 4.78 is 27.0. The van der Waals surface area contributed by atoms with Crippen LogP contribution in [-0.2, 0) is 35.4 Å². The van der Waals surface area contributed by atoms with Gasteiger partial charge in [-0.25, -0.2) is 0 Å². The molecule has 6 heteroatoms. The van der Waals surface area contributed by atoms with E-state index in [1.54, 1.807) is 0 Å². The fourth-order valence-electron chi connectivity index (χ4n) is 0. The van der Waals surface area contributed by atoms with E-state index in [2.05, 4.69) is 9.82 Å². The maximum absolute atomic E-state index is 9.00. The zero-order chi connectivity index (χ0) is 4.50. The molecule has 0 N–H and O–H groups in total. The molecule has 0 atom stereocenters. The van der Waals surface area contributed by atoms with Crippen molar-refractivity contribution in [3.8, 4) is 0 Å². The Morgan fingerprint density at radius 2 is 1.50 bits per heavy atom. The number of rotatable bonds is 0. The molecule has 0 aliphatic carbocycles. The van der Waals surface area contributed by atoms with Crippen molar-refractivity contribution in [2.24, 2.45) is 0 Å². The van der Waals surface area contributed by atoms with Gasteiger partial charge in [-0.3, -0.25) is 0 Å². The summed E-state index contributed by atoms with van der Waals surface area (Å²) in [4.78, 5) is 0. The fraction of sp³-hybridized carbons (Fsp3) is 0. The first-order chi connectivity index (χ1) is 2.00. The van der Waals surface area contributed by atoms with Crippen LogP contribution in [0.1, 0.15) is 0 Å². The third-order valence-corrected chi connectivity index (χ3v) is 0. The van der Waals surface area contributed by atoms with E-state index in [1.165, 1.54) is 0 Å². The van der Waals surface area contributed by atoms with Gasteiger partial charge < -0.3 is 0 Å². The van der Waals surface area contributed by atoms with Crippen LogP contribution in [-0.4, -0.2) is 0 Å². The molecule has 0 fully saturated rings. The molecule has 1 radical (unpaired) electrons. The molecule has 0 unspecified atom stereocenters. The Morgan fingerprint density at radius 1 is 1.50 bits per heavy atom. The summed E-state index contributed by atoms with van der Waals surface area (Å²) in [5.41, 5.74) is 0. The number of hydrogen-bond donors (Lipinski definition) is 0. The van der Waals surface area contributed by atoms with Crippen molar-refractivity contribution in [2.75, 3.05) is 0 Å². The van der Waals surface area contributed by atoms with Gasteiger partial charge >= 0.3 is 52.8 Å². The fourth-order valence-corrected chi connectivity index (χ4v) is 0. The Kier molecular flexibility index (Phi) is 5.42. The van der Waals surface area contributed by atoms with Crippen molar-refractivity contribution in [2.45, 2.75) is 0 Å². The molecule has 0 bridgehead atoms. The van der Waals surface area contributed by atoms with Crippen molar-refractivity contribution in [1.29, 1.82) is 0 Å². The summed E-state index contributed by atoms with van der Waals surface area (Å²) in [5.74, 6) is 0. The van der Waals surface area contributed by atoms with E-state index in [-0.39, 0.29) is 17.1 Å². The summed E-state index contributed by atoms with van der Waals surface area (Å²) in [6.45, 7) is 0. The van der Waals surface area contributed by atoms with Crippen LogP contribution in [0.3, 0.4) is 0 Å². The Balaban J connectivity index is 0. The molecule has 0 saturated heterocycles. The van der Waals surface area contributed by atoms with Crippen LogP contribution in [0.15, 0.2) is 0 Å². The number of hydrogen-bond acceptors (Lipinski definition) is 4. The molecule has 0 aromatic rings. The monoisotopic (exact) mass is 241 g/mol. The topological polar surface area (TPSA) is 63.2 Å². The predicted molar refractivity (Wildman–Crippen MR) is 8.28 cm³/mol. The van der Waals surface area contributed by atoms with E-state index in [0.717, 1.165) is 0 Å². The minimum absolute atomic E-state index is 0. The van der Waals surface area contributed by atoms with Crippen LogP contribution >= 0.6 is 9.82 Å². The van der Waals surface area contributed by atoms with E-state index in [0.29, 0.717) is 0 Å². The van der Waals surface area contributed by atoms with E-state index in [9.17, 15) is 0 Å². The molecule has 6 heavy (non-hydrogen) atoms. The molecule has 0 amide bonds. The summed E-state index contributed by atoms with van der Waals surface area (Å²) in [5, 5.41) is 0. The Hall–Kier alpha value is 1.15. The van der Waals surface area contributed by atoms with E-state index in [4.69, 9.17) is 10.9 Å². The van der Waals surface area contributed by atoms with Crippen LogP contribution in [0.4, 0.5) is 0 Å². The van der Waals surface area contributed by atoms with Crippen molar-refractivity contribution >= 4 is 9.82 Å². The SMILES string of the molecule is [Cu+2].[O]=[Mo]([O-])([O-])=[S]. The maximum atomic E-state index is 9.00. The predicted octanol–water partition coefficient (Wildman–Crippen LogP) is -1.85. The molecule has 0 heterocycles. The normalized spacial score (nSPS) is 9.67. The molecular weight excluding hydrogens is 240 g/mol. The molecule has 0 aliphatic heterocycles. The van der Waals surface area contributed by atoms with Crippen LogP contribution in [0.2, 0.25) is 0 Å². The third-order valence-electron chi connectivity index (χ3n) is 0. The van der Waals surface area contributed by atoms with Gasteiger partial charge in [0.15, 0.2) is 0 Å². The average Bonchev–Trinajstić information content (AvgIpc) is 0.722. The van der Waals surface area contributed by atoms with Gasteiger partial charge in [0.1, 0.15) is 0 Å². The van der Waals surface area contributed by atoms with Crippen molar-refractivity contribution in [3.63, 3.8) is 0 Å². The van der Waals surface area contributed by atoms with E-state index in [1.807, 2.05) is 0 Å². The van der Waals surface area contributed by atoms with E-state index < -0.39 is 15.0 Å². The van der Waals surface area contributed by atoms with Crippen LogP contribution in [0, 0.1) is 0 Å². The molecule has 41 valence electrons. The van der Waals surface area contributed by atoms with Crippen molar-refractivity contribution in [3.05, 3.63) is 0 Å². The molecule has 3 nitrogen and oxygen atoms in total. The zero-order valence-electron chi connectivity index (χ0n) is 2.34. The molecule has 0 spiro atoms. The van der Waals surface area contributed by atoms with Gasteiger partial charge in [-0.1, -0.05) is 0 Å². The Labute approximate surface area is 52.7 Å². The quantitative estimate of drug-likeness (QED) is 0.466. The van der Waals surface area contributed by atoms with Gasteiger partial charge in [0.2, 0.25) is 0 Å². The van der Waals surface area contributed by atoms with Gasteiger partial charge in [-0.15, -0.1) is 0 Å². The third kappa shape index (κ3) is 67.2. The van der Waals surface area contributed by atoms with Crippen LogP contribution in [0.5, 0.6) is 0 Å². The summed E-state index contributed by atoms with van der Waals surface area (Å²) in [7, 11) is 3.35. The second-order valence-electron chi connectivity index (χ2n) is 0.408. The van der Waals surface area contributed by atoms with Gasteiger partial charge in [-0.2, -0.15) is 0 Å². The first-order valence-corrected chi connectivity index (χ1v) is 5.92. The van der Waals surface area contributed by atoms with Crippen LogP contribution in [0.25, 0.3) is 0 Å². The molecule has 0 aromatic heterocycles. The second-order valence-corrected chi connectivity index (χ2v) is 4.83. The summed E-state index contributed by atoms with van der Waals surface area (Å²) >= 11 is -5.19. The molecule has 0 aromatic carbocycles. The first kappa shape index (κ1) is 10.2. The van der Waals surface area contributed by atoms with E-state index >= 15 is 0 Å². The molecule has 0 saturated carbocycles.